The predicted molar refractivity (Wildman–Crippen MR) is 69.0 cm³/mol. The highest BCUT2D eigenvalue weighted by Crippen LogP contribution is 2.30. The van der Waals surface area contributed by atoms with Crippen LogP contribution in [0.4, 0.5) is 17.6 Å². The Balaban J connectivity index is 2.37. The van der Waals surface area contributed by atoms with Gasteiger partial charge in [0.2, 0.25) is 0 Å². The summed E-state index contributed by atoms with van der Waals surface area (Å²) in [6.07, 6.45) is -1.21. The molecule has 21 heavy (non-hydrogen) atoms. The average molecular weight is 299 g/mol. The van der Waals surface area contributed by atoms with Gasteiger partial charge in [-0.15, -0.1) is 0 Å². The lowest BCUT2D eigenvalue weighted by atomic mass is 10.0. The van der Waals surface area contributed by atoms with E-state index in [1.54, 1.807) is 0 Å². The molecule has 2 heterocycles. The minimum Gasteiger partial charge on any atom is -0.305 e. The van der Waals surface area contributed by atoms with E-state index in [-0.39, 0.29) is 0 Å². The van der Waals surface area contributed by atoms with Crippen molar-refractivity contribution < 1.29 is 17.6 Å². The third-order valence-corrected chi connectivity index (χ3v) is 2.93. The molecule has 2 aromatic heterocycles. The molecule has 1 unspecified atom stereocenters. The van der Waals surface area contributed by atoms with E-state index in [0.29, 0.717) is 17.8 Å². The Bertz CT molecular complexity index is 596. The highest BCUT2D eigenvalue weighted by molar-refractivity contribution is 5.29. The number of nitrogens with one attached hydrogen (secondary N) is 1. The Hall–Kier alpha value is -2.02. The van der Waals surface area contributed by atoms with Crippen LogP contribution in [0.25, 0.3) is 0 Å². The summed E-state index contributed by atoms with van der Waals surface area (Å²) in [5.41, 5.74) is -0.231. The summed E-state index contributed by atoms with van der Waals surface area (Å²) in [5, 5.41) is 3.00. The second-order valence-electron chi connectivity index (χ2n) is 4.36. The first kappa shape index (κ1) is 15.4. The van der Waals surface area contributed by atoms with Gasteiger partial charge in [-0.25, -0.2) is 4.39 Å². The van der Waals surface area contributed by atoms with Gasteiger partial charge >= 0.3 is 6.18 Å². The van der Waals surface area contributed by atoms with E-state index in [4.69, 9.17) is 0 Å². The van der Waals surface area contributed by atoms with Gasteiger partial charge in [-0.05, 0) is 24.7 Å². The van der Waals surface area contributed by atoms with Gasteiger partial charge in [0.25, 0.3) is 0 Å². The summed E-state index contributed by atoms with van der Waals surface area (Å²) in [7, 11) is 0. The minimum absolute atomic E-state index is 0.291. The molecule has 112 valence electrons. The first-order valence-electron chi connectivity index (χ1n) is 6.29. The molecule has 0 saturated heterocycles. The monoisotopic (exact) mass is 299 g/mol. The summed E-state index contributed by atoms with van der Waals surface area (Å²) in [6, 6.07) is 3.03. The van der Waals surface area contributed by atoms with Gasteiger partial charge in [0, 0.05) is 18.0 Å². The second-order valence-corrected chi connectivity index (χ2v) is 4.36. The van der Waals surface area contributed by atoms with E-state index in [0.717, 1.165) is 18.5 Å². The number of pyridine rings is 2. The maximum absolute atomic E-state index is 13.8. The van der Waals surface area contributed by atoms with Crippen LogP contribution in [0.3, 0.4) is 0 Å². The van der Waals surface area contributed by atoms with Crippen molar-refractivity contribution in [3.8, 4) is 0 Å². The van der Waals surface area contributed by atoms with E-state index >= 15 is 0 Å². The molecule has 3 nitrogen and oxygen atoms in total. The third kappa shape index (κ3) is 3.55. The Morgan fingerprint density at radius 1 is 1.19 bits per heavy atom. The zero-order chi connectivity index (χ0) is 15.5. The number of alkyl halides is 3. The van der Waals surface area contributed by atoms with Crippen molar-refractivity contribution >= 4 is 0 Å². The smallest absolute Gasteiger partial charge is 0.305 e. The van der Waals surface area contributed by atoms with Gasteiger partial charge in [0.1, 0.15) is 5.82 Å². The van der Waals surface area contributed by atoms with Gasteiger partial charge in [-0.3, -0.25) is 9.97 Å². The molecule has 2 aromatic rings. The van der Waals surface area contributed by atoms with Crippen molar-refractivity contribution in [3.63, 3.8) is 0 Å². The van der Waals surface area contributed by atoms with Crippen molar-refractivity contribution in [3.05, 3.63) is 59.4 Å². The molecule has 1 N–H and O–H groups in total. The van der Waals surface area contributed by atoms with Gasteiger partial charge in [-0.1, -0.05) is 6.92 Å². The van der Waals surface area contributed by atoms with E-state index in [9.17, 15) is 17.6 Å². The Kier molecular flexibility index (Phi) is 4.52. The minimum atomic E-state index is -4.44. The molecule has 0 spiro atoms. The highest BCUT2D eigenvalue weighted by atomic mass is 19.4. The number of nitrogens with zero attached hydrogens (tertiary/aromatic N) is 2. The Labute approximate surface area is 119 Å². The number of halogens is 4. The lowest BCUT2D eigenvalue weighted by Crippen LogP contribution is -2.24. The first-order chi connectivity index (χ1) is 9.93. The molecule has 1 atom stereocenters. The van der Waals surface area contributed by atoms with Crippen LogP contribution in [0.1, 0.15) is 29.8 Å². The van der Waals surface area contributed by atoms with Crippen molar-refractivity contribution in [1.29, 1.82) is 0 Å². The van der Waals surface area contributed by atoms with Crippen molar-refractivity contribution in [2.45, 2.75) is 19.1 Å². The molecule has 7 heteroatoms. The molecule has 0 amide bonds. The molecule has 2 rings (SSSR count). The van der Waals surface area contributed by atoms with Crippen LogP contribution in [0.2, 0.25) is 0 Å². The zero-order valence-electron chi connectivity index (χ0n) is 11.2. The fourth-order valence-corrected chi connectivity index (χ4v) is 1.94. The molecule has 0 aliphatic carbocycles. The molecule has 0 saturated carbocycles. The standard InChI is InChI=1S/C14H13F4N3/c1-2-20-13(10-5-6-19-8-11(10)15)12-4-3-9(7-21-12)14(16,17)18/h3-8,13,20H,2H2,1H3. The zero-order valence-corrected chi connectivity index (χ0v) is 11.2. The van der Waals surface area contributed by atoms with Crippen LogP contribution in [0.15, 0.2) is 36.8 Å². The molecule has 0 aliphatic rings. The van der Waals surface area contributed by atoms with Gasteiger partial charge in [0.05, 0.1) is 23.5 Å². The average Bonchev–Trinajstić information content (AvgIpc) is 2.45. The van der Waals surface area contributed by atoms with Crippen molar-refractivity contribution in [2.75, 3.05) is 6.54 Å². The van der Waals surface area contributed by atoms with Crippen molar-refractivity contribution in [2.24, 2.45) is 0 Å². The van der Waals surface area contributed by atoms with Crippen LogP contribution in [-0.2, 0) is 6.18 Å². The molecule has 0 aliphatic heterocycles. The lowest BCUT2D eigenvalue weighted by Gasteiger charge is -2.18. The predicted octanol–water partition coefficient (Wildman–Crippen LogP) is 3.33. The Morgan fingerprint density at radius 2 is 1.95 bits per heavy atom. The number of hydrogen-bond acceptors (Lipinski definition) is 3. The van der Waals surface area contributed by atoms with Crippen LogP contribution in [0, 0.1) is 5.82 Å². The number of rotatable bonds is 4. The molecular weight excluding hydrogens is 286 g/mol. The normalized spacial score (nSPS) is 13.2. The SMILES string of the molecule is CCNC(c1ccc(C(F)(F)F)cn1)c1ccncc1F. The molecule has 0 fully saturated rings. The van der Waals surface area contributed by atoms with Crippen LogP contribution in [0.5, 0.6) is 0 Å². The van der Waals surface area contributed by atoms with Crippen molar-refractivity contribution in [1.82, 2.24) is 15.3 Å². The summed E-state index contributed by atoms with van der Waals surface area (Å²) < 4.78 is 51.4. The largest absolute Gasteiger partial charge is 0.417 e. The topological polar surface area (TPSA) is 37.8 Å². The second kappa shape index (κ2) is 6.17. The maximum Gasteiger partial charge on any atom is 0.417 e. The first-order valence-corrected chi connectivity index (χ1v) is 6.29. The fourth-order valence-electron chi connectivity index (χ4n) is 1.94. The summed E-state index contributed by atoms with van der Waals surface area (Å²) in [5.74, 6) is -0.537. The molecular formula is C14H13F4N3. The highest BCUT2D eigenvalue weighted by Gasteiger charge is 2.31. The fraction of sp³-hybridized carbons (Fsp3) is 0.286. The third-order valence-electron chi connectivity index (χ3n) is 2.93. The maximum atomic E-state index is 13.8. The van der Waals surface area contributed by atoms with Crippen LogP contribution in [-0.4, -0.2) is 16.5 Å². The Morgan fingerprint density at radius 3 is 2.48 bits per heavy atom. The van der Waals surface area contributed by atoms with E-state index in [1.165, 1.54) is 18.3 Å². The summed E-state index contributed by atoms with van der Waals surface area (Å²) in [4.78, 5) is 7.47. The van der Waals surface area contributed by atoms with E-state index in [1.807, 2.05) is 6.92 Å². The lowest BCUT2D eigenvalue weighted by molar-refractivity contribution is -0.137. The molecule has 0 aromatic carbocycles. The number of aromatic nitrogens is 2. The van der Waals surface area contributed by atoms with Crippen LogP contribution < -0.4 is 5.32 Å². The molecule has 0 radical (unpaired) electrons. The van der Waals surface area contributed by atoms with Gasteiger partial charge in [0.15, 0.2) is 0 Å². The summed E-state index contributed by atoms with van der Waals surface area (Å²) in [6.45, 7) is 2.32. The number of hydrogen-bond donors (Lipinski definition) is 1. The molecule has 0 bridgehead atoms. The van der Waals surface area contributed by atoms with E-state index in [2.05, 4.69) is 15.3 Å². The van der Waals surface area contributed by atoms with Crippen LogP contribution >= 0.6 is 0 Å². The summed E-state index contributed by atoms with van der Waals surface area (Å²) >= 11 is 0. The van der Waals surface area contributed by atoms with Gasteiger partial charge in [-0.2, -0.15) is 13.2 Å². The van der Waals surface area contributed by atoms with E-state index < -0.39 is 23.6 Å². The quantitative estimate of drug-likeness (QED) is 0.880. The van der Waals surface area contributed by atoms with Gasteiger partial charge < -0.3 is 5.32 Å².